The number of hydrazine groups is 1. The molecular weight excluding hydrogens is 332 g/mol. The van der Waals surface area contributed by atoms with Crippen molar-refractivity contribution in [2.24, 2.45) is 5.92 Å². The highest BCUT2D eigenvalue weighted by molar-refractivity contribution is 5.99. The van der Waals surface area contributed by atoms with Crippen LogP contribution in [-0.4, -0.2) is 25.5 Å². The second-order valence-corrected chi connectivity index (χ2v) is 6.20. The van der Waals surface area contributed by atoms with E-state index in [2.05, 4.69) is 24.7 Å². The maximum absolute atomic E-state index is 12.1. The molecule has 138 valence electrons. The van der Waals surface area contributed by atoms with E-state index in [1.165, 1.54) is 7.11 Å². The molecule has 0 saturated heterocycles. The minimum atomic E-state index is -0.425. The summed E-state index contributed by atoms with van der Waals surface area (Å²) in [4.78, 5) is 24.2. The molecule has 0 aromatic heterocycles. The van der Waals surface area contributed by atoms with Crippen molar-refractivity contribution in [3.8, 4) is 11.5 Å². The molecule has 0 fully saturated rings. The molecule has 2 aromatic rings. The van der Waals surface area contributed by atoms with Gasteiger partial charge in [-0.15, -0.1) is 0 Å². The Morgan fingerprint density at radius 1 is 0.923 bits per heavy atom. The molecule has 0 aliphatic carbocycles. The Kier molecular flexibility index (Phi) is 7.02. The zero-order valence-corrected chi connectivity index (χ0v) is 15.2. The summed E-state index contributed by atoms with van der Waals surface area (Å²) in [5.41, 5.74) is 5.59. The van der Waals surface area contributed by atoms with E-state index in [9.17, 15) is 9.59 Å². The van der Waals surface area contributed by atoms with E-state index in [0.29, 0.717) is 35.2 Å². The van der Waals surface area contributed by atoms with E-state index in [-0.39, 0.29) is 0 Å². The summed E-state index contributed by atoms with van der Waals surface area (Å²) in [6.45, 7) is 4.91. The van der Waals surface area contributed by atoms with Crippen LogP contribution in [0.5, 0.6) is 11.5 Å². The van der Waals surface area contributed by atoms with Gasteiger partial charge in [-0.25, -0.2) is 0 Å². The Morgan fingerprint density at radius 2 is 1.58 bits per heavy atom. The summed E-state index contributed by atoms with van der Waals surface area (Å²) in [6.07, 6.45) is 0.971. The summed E-state index contributed by atoms with van der Waals surface area (Å²) in [5, 5.41) is 0. The van der Waals surface area contributed by atoms with E-state index in [0.717, 1.165) is 6.42 Å². The molecule has 0 radical (unpaired) electrons. The van der Waals surface area contributed by atoms with Crippen LogP contribution in [0.15, 0.2) is 48.5 Å². The van der Waals surface area contributed by atoms with Gasteiger partial charge in [-0.3, -0.25) is 20.4 Å². The maximum Gasteiger partial charge on any atom is 0.269 e. The van der Waals surface area contributed by atoms with E-state index >= 15 is 0 Å². The summed E-state index contributed by atoms with van der Waals surface area (Å²) < 4.78 is 10.7. The molecule has 2 rings (SSSR count). The number of ether oxygens (including phenoxy) is 2. The van der Waals surface area contributed by atoms with E-state index in [4.69, 9.17) is 9.47 Å². The smallest absolute Gasteiger partial charge is 0.269 e. The lowest BCUT2D eigenvalue weighted by Gasteiger charge is -2.10. The number of hydrogen-bond donors (Lipinski definition) is 2. The van der Waals surface area contributed by atoms with Crippen molar-refractivity contribution < 1.29 is 19.1 Å². The van der Waals surface area contributed by atoms with Crippen LogP contribution in [0.2, 0.25) is 0 Å². The molecule has 0 bridgehead atoms. The van der Waals surface area contributed by atoms with Crippen molar-refractivity contribution in [1.82, 2.24) is 10.9 Å². The first-order chi connectivity index (χ1) is 12.5. The molecule has 2 amide bonds. The standard InChI is InChI=1S/C20H24N2O4/c1-14(2)11-12-26-17-9-7-15(8-10-17)19(23)21-22-20(24)16-5-4-6-18(13-16)25-3/h4-10,13-14H,11-12H2,1-3H3,(H,21,23)(H,22,24). The van der Waals surface area contributed by atoms with Crippen LogP contribution in [0, 0.1) is 5.92 Å². The first-order valence-electron chi connectivity index (χ1n) is 8.47. The number of carbonyl (C=O) groups excluding carboxylic acids is 2. The monoisotopic (exact) mass is 356 g/mol. The minimum absolute atomic E-state index is 0.388. The van der Waals surface area contributed by atoms with Gasteiger partial charge in [-0.2, -0.15) is 0 Å². The number of benzene rings is 2. The lowest BCUT2D eigenvalue weighted by atomic mass is 10.1. The molecule has 0 spiro atoms. The molecule has 0 aliphatic heterocycles. The van der Waals surface area contributed by atoms with Gasteiger partial charge < -0.3 is 9.47 Å². The predicted octanol–water partition coefficient (Wildman–Crippen LogP) is 3.19. The maximum atomic E-state index is 12.1. The lowest BCUT2D eigenvalue weighted by Crippen LogP contribution is -2.41. The third-order valence-corrected chi connectivity index (χ3v) is 3.70. The Morgan fingerprint density at radius 3 is 2.19 bits per heavy atom. The third-order valence-electron chi connectivity index (χ3n) is 3.70. The van der Waals surface area contributed by atoms with E-state index < -0.39 is 11.8 Å². The van der Waals surface area contributed by atoms with Gasteiger partial charge in [0.25, 0.3) is 11.8 Å². The summed E-state index contributed by atoms with van der Waals surface area (Å²) >= 11 is 0. The molecule has 26 heavy (non-hydrogen) atoms. The van der Waals surface area contributed by atoms with Crippen molar-refractivity contribution in [3.05, 3.63) is 59.7 Å². The van der Waals surface area contributed by atoms with Gasteiger partial charge >= 0.3 is 0 Å². The normalized spacial score (nSPS) is 10.3. The Balaban J connectivity index is 1.86. The van der Waals surface area contributed by atoms with E-state index in [1.54, 1.807) is 48.5 Å². The van der Waals surface area contributed by atoms with Crippen LogP contribution in [0.4, 0.5) is 0 Å². The number of hydrogen-bond acceptors (Lipinski definition) is 4. The van der Waals surface area contributed by atoms with Crippen LogP contribution >= 0.6 is 0 Å². The van der Waals surface area contributed by atoms with Crippen molar-refractivity contribution in [3.63, 3.8) is 0 Å². The fourth-order valence-corrected chi connectivity index (χ4v) is 2.14. The minimum Gasteiger partial charge on any atom is -0.497 e. The first-order valence-corrected chi connectivity index (χ1v) is 8.47. The number of amides is 2. The van der Waals surface area contributed by atoms with Gasteiger partial charge in [-0.05, 0) is 54.8 Å². The van der Waals surface area contributed by atoms with Gasteiger partial charge in [0.05, 0.1) is 13.7 Å². The molecule has 0 atom stereocenters. The van der Waals surface area contributed by atoms with Crippen molar-refractivity contribution >= 4 is 11.8 Å². The van der Waals surface area contributed by atoms with Gasteiger partial charge in [-0.1, -0.05) is 19.9 Å². The fourth-order valence-electron chi connectivity index (χ4n) is 2.14. The number of nitrogens with one attached hydrogen (secondary N) is 2. The summed E-state index contributed by atoms with van der Waals surface area (Å²) in [7, 11) is 1.52. The highest BCUT2D eigenvalue weighted by Crippen LogP contribution is 2.14. The van der Waals surface area contributed by atoms with Crippen molar-refractivity contribution in [2.75, 3.05) is 13.7 Å². The quantitative estimate of drug-likeness (QED) is 0.747. The lowest BCUT2D eigenvalue weighted by molar-refractivity contribution is 0.0846. The van der Waals surface area contributed by atoms with Gasteiger partial charge in [0.2, 0.25) is 0 Å². The Labute approximate surface area is 153 Å². The van der Waals surface area contributed by atoms with Gasteiger partial charge in [0.15, 0.2) is 0 Å². The fraction of sp³-hybridized carbons (Fsp3) is 0.300. The second kappa shape index (κ2) is 9.46. The third kappa shape index (κ3) is 5.81. The predicted molar refractivity (Wildman–Crippen MR) is 99.3 cm³/mol. The van der Waals surface area contributed by atoms with E-state index in [1.807, 2.05) is 0 Å². The summed E-state index contributed by atoms with van der Waals surface area (Å²) in [6, 6.07) is 13.4. The molecule has 0 aliphatic rings. The van der Waals surface area contributed by atoms with Crippen LogP contribution in [-0.2, 0) is 0 Å². The molecule has 2 aromatic carbocycles. The highest BCUT2D eigenvalue weighted by Gasteiger charge is 2.10. The van der Waals surface area contributed by atoms with Gasteiger partial charge in [0, 0.05) is 11.1 Å². The largest absolute Gasteiger partial charge is 0.497 e. The molecule has 2 N–H and O–H groups in total. The highest BCUT2D eigenvalue weighted by atomic mass is 16.5. The zero-order chi connectivity index (χ0) is 18.9. The molecule has 0 unspecified atom stereocenters. The van der Waals surface area contributed by atoms with Crippen LogP contribution in [0.3, 0.4) is 0 Å². The number of rotatable bonds is 7. The van der Waals surface area contributed by atoms with Gasteiger partial charge in [0.1, 0.15) is 11.5 Å². The van der Waals surface area contributed by atoms with Crippen LogP contribution in [0.1, 0.15) is 41.0 Å². The Bertz CT molecular complexity index is 742. The zero-order valence-electron chi connectivity index (χ0n) is 15.2. The first kappa shape index (κ1) is 19.3. The number of methoxy groups -OCH3 is 1. The SMILES string of the molecule is COc1cccc(C(=O)NNC(=O)c2ccc(OCCC(C)C)cc2)c1. The van der Waals surface area contributed by atoms with Crippen molar-refractivity contribution in [2.45, 2.75) is 20.3 Å². The van der Waals surface area contributed by atoms with Crippen LogP contribution in [0.25, 0.3) is 0 Å². The second-order valence-electron chi connectivity index (χ2n) is 6.20. The van der Waals surface area contributed by atoms with Crippen LogP contribution < -0.4 is 20.3 Å². The molecule has 0 saturated carbocycles. The molecule has 6 nitrogen and oxygen atoms in total. The average molecular weight is 356 g/mol. The molecule has 0 heterocycles. The molecular formula is C20H24N2O4. The topological polar surface area (TPSA) is 76.7 Å². The molecule has 6 heteroatoms. The average Bonchev–Trinajstić information content (AvgIpc) is 2.66. The van der Waals surface area contributed by atoms with Crippen molar-refractivity contribution in [1.29, 1.82) is 0 Å². The number of carbonyl (C=O) groups is 2. The summed E-state index contributed by atoms with van der Waals surface area (Å²) in [5.74, 6) is 1.02. The Hall–Kier alpha value is -3.02.